The van der Waals surface area contributed by atoms with Gasteiger partial charge in [-0.1, -0.05) is 11.1 Å². The molecule has 0 N–H and O–H groups in total. The van der Waals surface area contributed by atoms with Gasteiger partial charge in [0, 0.05) is 11.8 Å². The van der Waals surface area contributed by atoms with E-state index < -0.39 is 0 Å². The summed E-state index contributed by atoms with van der Waals surface area (Å²) in [6, 6.07) is 0. The van der Waals surface area contributed by atoms with Gasteiger partial charge in [-0.25, -0.2) is 0 Å². The highest BCUT2D eigenvalue weighted by Gasteiger charge is 1.95. The van der Waals surface area contributed by atoms with E-state index in [0.717, 1.165) is 6.42 Å². The summed E-state index contributed by atoms with van der Waals surface area (Å²) in [5.41, 5.74) is 2.57. The fourth-order valence-electron chi connectivity index (χ4n) is 0.565. The highest BCUT2D eigenvalue weighted by Crippen LogP contribution is 2.10. The van der Waals surface area contributed by atoms with Crippen molar-refractivity contribution in [1.29, 1.82) is 0 Å². The third kappa shape index (κ3) is 3.83. The van der Waals surface area contributed by atoms with Crippen molar-refractivity contribution in [2.75, 3.05) is 11.8 Å². The van der Waals surface area contributed by atoms with Gasteiger partial charge in [-0.05, 0) is 20.3 Å². The number of hydrogen-bond donors (Lipinski definition) is 0. The average molecular weight is 167 g/mol. The molecule has 0 atom stereocenters. The molecule has 0 unspecified atom stereocenters. The Bertz CT molecular complexity index is 101. The molecule has 0 amide bonds. The van der Waals surface area contributed by atoms with Crippen LogP contribution in [0.3, 0.4) is 0 Å². The second kappa shape index (κ2) is 5.13. The van der Waals surface area contributed by atoms with Crippen molar-refractivity contribution in [1.82, 2.24) is 0 Å². The summed E-state index contributed by atoms with van der Waals surface area (Å²) in [4.78, 5) is 0. The molecule has 0 aromatic carbocycles. The zero-order chi connectivity index (χ0) is 7.28. The summed E-state index contributed by atoms with van der Waals surface area (Å²) in [6.07, 6.45) is 0.924. The Balaban J connectivity index is 3.83. The van der Waals surface area contributed by atoms with E-state index in [2.05, 4.69) is 13.8 Å². The molecule has 0 aliphatic rings. The van der Waals surface area contributed by atoms with Crippen LogP contribution >= 0.6 is 23.2 Å². The molecular formula is C7H12Cl2. The lowest BCUT2D eigenvalue weighted by Gasteiger charge is -2.01. The highest BCUT2D eigenvalue weighted by molar-refractivity contribution is 6.20. The van der Waals surface area contributed by atoms with Crippen molar-refractivity contribution in [3.8, 4) is 0 Å². The second-order valence-corrected chi connectivity index (χ2v) is 2.82. The van der Waals surface area contributed by atoms with Gasteiger partial charge in [-0.2, -0.15) is 0 Å². The normalized spacial score (nSPS) is 9.33. The molecule has 0 bridgehead atoms. The van der Waals surface area contributed by atoms with Crippen molar-refractivity contribution in [2.24, 2.45) is 0 Å². The van der Waals surface area contributed by atoms with Gasteiger partial charge in [0.15, 0.2) is 0 Å². The lowest BCUT2D eigenvalue weighted by molar-refractivity contribution is 1.06. The second-order valence-electron chi connectivity index (χ2n) is 2.18. The lowest BCUT2D eigenvalue weighted by atomic mass is 10.1. The van der Waals surface area contributed by atoms with Crippen molar-refractivity contribution >= 4 is 23.2 Å². The SMILES string of the molecule is CC(C)=C(CCl)CCCl. The average Bonchev–Trinajstić information content (AvgIpc) is 1.82. The van der Waals surface area contributed by atoms with Crippen LogP contribution in [-0.4, -0.2) is 11.8 Å². The van der Waals surface area contributed by atoms with Crippen LogP contribution in [0.4, 0.5) is 0 Å². The van der Waals surface area contributed by atoms with E-state index in [0.29, 0.717) is 11.8 Å². The van der Waals surface area contributed by atoms with Gasteiger partial charge in [-0.3, -0.25) is 0 Å². The van der Waals surface area contributed by atoms with E-state index in [1.165, 1.54) is 11.1 Å². The third-order valence-corrected chi connectivity index (χ3v) is 1.78. The fraction of sp³-hybridized carbons (Fsp3) is 0.714. The summed E-state index contributed by atoms with van der Waals surface area (Å²) in [5, 5.41) is 0. The summed E-state index contributed by atoms with van der Waals surface area (Å²) in [5.74, 6) is 1.29. The van der Waals surface area contributed by atoms with Crippen LogP contribution in [0.5, 0.6) is 0 Å². The molecule has 0 radical (unpaired) electrons. The maximum Gasteiger partial charge on any atom is 0.0436 e. The molecule has 0 saturated heterocycles. The highest BCUT2D eigenvalue weighted by atomic mass is 35.5. The summed E-state index contributed by atoms with van der Waals surface area (Å²) >= 11 is 11.2. The smallest absolute Gasteiger partial charge is 0.0436 e. The van der Waals surface area contributed by atoms with Crippen LogP contribution in [0, 0.1) is 0 Å². The Hall–Kier alpha value is 0.320. The Labute approximate surface area is 66.8 Å². The molecule has 0 rings (SSSR count). The van der Waals surface area contributed by atoms with Gasteiger partial charge in [0.05, 0.1) is 0 Å². The number of halogens is 2. The van der Waals surface area contributed by atoms with Crippen LogP contribution in [0.2, 0.25) is 0 Å². The van der Waals surface area contributed by atoms with E-state index in [-0.39, 0.29) is 0 Å². The molecule has 0 spiro atoms. The van der Waals surface area contributed by atoms with Crippen molar-refractivity contribution in [3.63, 3.8) is 0 Å². The van der Waals surface area contributed by atoms with Gasteiger partial charge >= 0.3 is 0 Å². The van der Waals surface area contributed by atoms with Gasteiger partial charge in [0.25, 0.3) is 0 Å². The van der Waals surface area contributed by atoms with Gasteiger partial charge in [0.1, 0.15) is 0 Å². The number of alkyl halides is 2. The topological polar surface area (TPSA) is 0 Å². The van der Waals surface area contributed by atoms with Crippen LogP contribution < -0.4 is 0 Å². The molecule has 0 nitrogen and oxygen atoms in total. The number of rotatable bonds is 3. The van der Waals surface area contributed by atoms with E-state index in [1.807, 2.05) is 0 Å². The first-order chi connectivity index (χ1) is 4.22. The van der Waals surface area contributed by atoms with Crippen LogP contribution in [0.25, 0.3) is 0 Å². The first kappa shape index (κ1) is 9.32. The molecule has 0 aromatic rings. The zero-order valence-electron chi connectivity index (χ0n) is 5.88. The fourth-order valence-corrected chi connectivity index (χ4v) is 1.19. The van der Waals surface area contributed by atoms with Crippen LogP contribution in [0.1, 0.15) is 20.3 Å². The molecular weight excluding hydrogens is 155 g/mol. The van der Waals surface area contributed by atoms with E-state index in [9.17, 15) is 0 Å². The van der Waals surface area contributed by atoms with Crippen LogP contribution in [-0.2, 0) is 0 Å². The van der Waals surface area contributed by atoms with Gasteiger partial charge in [-0.15, -0.1) is 23.2 Å². The van der Waals surface area contributed by atoms with Crippen molar-refractivity contribution in [3.05, 3.63) is 11.1 Å². The Morgan fingerprint density at radius 2 is 1.78 bits per heavy atom. The predicted molar refractivity (Wildman–Crippen MR) is 44.4 cm³/mol. The van der Waals surface area contributed by atoms with Crippen molar-refractivity contribution in [2.45, 2.75) is 20.3 Å². The number of allylic oxidation sites excluding steroid dienone is 2. The quantitative estimate of drug-likeness (QED) is 0.447. The molecule has 9 heavy (non-hydrogen) atoms. The monoisotopic (exact) mass is 166 g/mol. The van der Waals surface area contributed by atoms with Gasteiger partial charge < -0.3 is 0 Å². The van der Waals surface area contributed by atoms with E-state index in [1.54, 1.807) is 0 Å². The summed E-state index contributed by atoms with van der Waals surface area (Å²) < 4.78 is 0. The standard InChI is InChI=1S/C7H12Cl2/c1-6(2)7(5-9)3-4-8/h3-5H2,1-2H3. The maximum atomic E-state index is 5.62. The Kier molecular flexibility index (Phi) is 5.31. The zero-order valence-corrected chi connectivity index (χ0v) is 7.39. The maximum absolute atomic E-state index is 5.62. The molecule has 0 aromatic heterocycles. The molecule has 54 valence electrons. The molecule has 2 heteroatoms. The predicted octanol–water partition coefficient (Wildman–Crippen LogP) is 3.19. The minimum Gasteiger partial charge on any atom is -0.126 e. The Morgan fingerprint density at radius 1 is 1.22 bits per heavy atom. The molecule has 0 aliphatic heterocycles. The van der Waals surface area contributed by atoms with Gasteiger partial charge in [0.2, 0.25) is 0 Å². The molecule has 0 aliphatic carbocycles. The molecule has 0 saturated carbocycles. The minimum absolute atomic E-state index is 0.620. The summed E-state index contributed by atoms with van der Waals surface area (Å²) in [6.45, 7) is 4.12. The first-order valence-electron chi connectivity index (χ1n) is 2.99. The largest absolute Gasteiger partial charge is 0.126 e. The minimum atomic E-state index is 0.620. The third-order valence-electron chi connectivity index (χ3n) is 1.26. The lowest BCUT2D eigenvalue weighted by Crippen LogP contribution is -1.89. The Morgan fingerprint density at radius 3 is 1.89 bits per heavy atom. The van der Waals surface area contributed by atoms with E-state index in [4.69, 9.17) is 23.2 Å². The first-order valence-corrected chi connectivity index (χ1v) is 4.06. The molecule has 0 fully saturated rings. The van der Waals surface area contributed by atoms with Crippen molar-refractivity contribution < 1.29 is 0 Å². The number of hydrogen-bond acceptors (Lipinski definition) is 0. The van der Waals surface area contributed by atoms with Crippen LogP contribution in [0.15, 0.2) is 11.1 Å². The molecule has 0 heterocycles. The summed E-state index contributed by atoms with van der Waals surface area (Å²) in [7, 11) is 0. The van der Waals surface area contributed by atoms with E-state index >= 15 is 0 Å².